The summed E-state index contributed by atoms with van der Waals surface area (Å²) in [6.45, 7) is 1.91. The molecule has 1 amide bonds. The van der Waals surface area contributed by atoms with Crippen LogP contribution < -0.4 is 10.5 Å². The summed E-state index contributed by atoms with van der Waals surface area (Å²) < 4.78 is 27.1. The molecule has 0 atom stereocenters. The molecule has 1 aromatic heterocycles. The molecule has 0 saturated heterocycles. The highest BCUT2D eigenvalue weighted by atomic mass is 32.2. The Hall–Kier alpha value is -2.30. The second-order valence-electron chi connectivity index (χ2n) is 4.28. The Morgan fingerprint density at radius 2 is 1.96 bits per heavy atom. The second kappa shape index (κ2) is 6.86. The van der Waals surface area contributed by atoms with E-state index < -0.39 is 21.9 Å². The maximum absolute atomic E-state index is 12.0. The molecular weight excluding hydrogens is 342 g/mol. The van der Waals surface area contributed by atoms with Crippen LogP contribution in [0.25, 0.3) is 0 Å². The lowest BCUT2D eigenvalue weighted by Gasteiger charge is -2.03. The molecule has 0 fully saturated rings. The fourth-order valence-corrected chi connectivity index (χ4v) is 2.79. The minimum absolute atomic E-state index is 0.0899. The van der Waals surface area contributed by atoms with Gasteiger partial charge in [-0.25, -0.2) is 23.3 Å². The number of aromatic nitrogens is 1. The van der Waals surface area contributed by atoms with Gasteiger partial charge in [0.1, 0.15) is 0 Å². The number of sulfonamides is 1. The van der Waals surface area contributed by atoms with Gasteiger partial charge in [0.15, 0.2) is 10.8 Å². The number of nitrogens with two attached hydrogens (primary N) is 1. The molecule has 3 N–H and O–H groups in total. The van der Waals surface area contributed by atoms with Gasteiger partial charge in [0.2, 0.25) is 10.0 Å². The highest BCUT2D eigenvalue weighted by Gasteiger charge is 2.15. The summed E-state index contributed by atoms with van der Waals surface area (Å²) in [6.07, 6.45) is 0. The highest BCUT2D eigenvalue weighted by molar-refractivity contribution is 7.89. The molecule has 0 radical (unpaired) electrons. The molecule has 0 bridgehead atoms. The quantitative estimate of drug-likeness (QED) is 0.776. The second-order valence-corrected chi connectivity index (χ2v) is 6.70. The molecule has 122 valence electrons. The van der Waals surface area contributed by atoms with Crippen molar-refractivity contribution in [2.45, 2.75) is 11.8 Å². The Balaban J connectivity index is 2.09. The number of esters is 1. The van der Waals surface area contributed by atoms with Gasteiger partial charge in [-0.05, 0) is 31.2 Å². The Morgan fingerprint density at radius 3 is 2.52 bits per heavy atom. The summed E-state index contributed by atoms with van der Waals surface area (Å²) in [5.41, 5.74) is 0.335. The number of anilines is 1. The van der Waals surface area contributed by atoms with Crippen LogP contribution in [-0.2, 0) is 14.8 Å². The topological polar surface area (TPSA) is 128 Å². The van der Waals surface area contributed by atoms with Gasteiger partial charge in [-0.2, -0.15) is 0 Å². The molecule has 23 heavy (non-hydrogen) atoms. The Bertz CT molecular complexity index is 828. The van der Waals surface area contributed by atoms with Gasteiger partial charge in [-0.15, -0.1) is 11.3 Å². The van der Waals surface area contributed by atoms with E-state index in [1.54, 1.807) is 6.92 Å². The maximum atomic E-state index is 12.0. The van der Waals surface area contributed by atoms with Crippen molar-refractivity contribution in [2.75, 3.05) is 11.9 Å². The van der Waals surface area contributed by atoms with E-state index in [0.29, 0.717) is 0 Å². The highest BCUT2D eigenvalue weighted by Crippen LogP contribution is 2.17. The molecular formula is C13H13N3O5S2. The first-order valence-corrected chi connectivity index (χ1v) is 8.80. The van der Waals surface area contributed by atoms with Gasteiger partial charge in [0.25, 0.3) is 5.91 Å². The lowest BCUT2D eigenvalue weighted by atomic mass is 10.2. The molecule has 1 aromatic carbocycles. The lowest BCUT2D eigenvalue weighted by molar-refractivity contribution is 0.0520. The largest absolute Gasteiger partial charge is 0.461 e. The van der Waals surface area contributed by atoms with Crippen LogP contribution in [0, 0.1) is 0 Å². The number of hydrogen-bond donors (Lipinski definition) is 2. The van der Waals surface area contributed by atoms with Crippen molar-refractivity contribution in [3.63, 3.8) is 0 Å². The predicted molar refractivity (Wildman–Crippen MR) is 83.8 cm³/mol. The average molecular weight is 355 g/mol. The van der Waals surface area contributed by atoms with E-state index >= 15 is 0 Å². The number of nitrogens with one attached hydrogen (secondary N) is 1. The molecule has 10 heteroatoms. The van der Waals surface area contributed by atoms with Crippen LogP contribution in [-0.4, -0.2) is 31.9 Å². The van der Waals surface area contributed by atoms with Crippen molar-refractivity contribution >= 4 is 38.4 Å². The summed E-state index contributed by atoms with van der Waals surface area (Å²) in [7, 11) is -3.81. The van der Waals surface area contributed by atoms with E-state index in [9.17, 15) is 18.0 Å². The number of rotatable bonds is 5. The zero-order valence-corrected chi connectivity index (χ0v) is 13.6. The molecule has 1 heterocycles. The van der Waals surface area contributed by atoms with Crippen LogP contribution in [0.3, 0.4) is 0 Å². The zero-order valence-electron chi connectivity index (χ0n) is 12.0. The number of nitrogens with zero attached hydrogens (tertiary/aromatic N) is 1. The van der Waals surface area contributed by atoms with Gasteiger partial charge < -0.3 is 4.74 Å². The molecule has 2 rings (SSSR count). The summed E-state index contributed by atoms with van der Waals surface area (Å²) in [4.78, 5) is 27.4. The minimum atomic E-state index is -3.81. The third-order valence-corrected chi connectivity index (χ3v) is 4.34. The van der Waals surface area contributed by atoms with E-state index in [1.165, 1.54) is 29.6 Å². The van der Waals surface area contributed by atoms with Crippen molar-refractivity contribution in [3.05, 3.63) is 40.9 Å². The SMILES string of the molecule is CCOC(=O)c1csc(NC(=O)c2ccc(S(N)(=O)=O)cc2)n1. The van der Waals surface area contributed by atoms with Gasteiger partial charge in [0.05, 0.1) is 11.5 Å². The predicted octanol–water partition coefficient (Wildman–Crippen LogP) is 1.22. The molecule has 0 saturated carbocycles. The van der Waals surface area contributed by atoms with Crippen LogP contribution in [0.15, 0.2) is 34.5 Å². The number of primary sulfonamides is 1. The fraction of sp³-hybridized carbons (Fsp3) is 0.154. The van der Waals surface area contributed by atoms with Crippen LogP contribution in [0.2, 0.25) is 0 Å². The fourth-order valence-electron chi connectivity index (χ4n) is 1.60. The van der Waals surface area contributed by atoms with Crippen molar-refractivity contribution in [2.24, 2.45) is 5.14 Å². The molecule has 8 nitrogen and oxygen atoms in total. The van der Waals surface area contributed by atoms with Gasteiger partial charge in [0, 0.05) is 10.9 Å². The Labute approximate surface area is 136 Å². The number of ether oxygens (including phenoxy) is 1. The summed E-state index contributed by atoms with van der Waals surface area (Å²) in [6, 6.07) is 5.12. The van der Waals surface area contributed by atoms with Crippen molar-refractivity contribution in [1.82, 2.24) is 4.98 Å². The van der Waals surface area contributed by atoms with E-state index in [4.69, 9.17) is 9.88 Å². The molecule has 2 aromatic rings. The van der Waals surface area contributed by atoms with Gasteiger partial charge in [-0.1, -0.05) is 0 Å². The molecule has 0 aliphatic carbocycles. The Morgan fingerprint density at radius 1 is 1.30 bits per heavy atom. The molecule has 0 unspecified atom stereocenters. The van der Waals surface area contributed by atoms with Crippen LogP contribution >= 0.6 is 11.3 Å². The standard InChI is InChI=1S/C13H13N3O5S2/c1-2-21-12(18)10-7-22-13(15-10)16-11(17)8-3-5-9(6-4-8)23(14,19)20/h3-7H,2H2,1H3,(H2,14,19,20)(H,15,16,17). The van der Waals surface area contributed by atoms with E-state index in [-0.39, 0.29) is 27.9 Å². The van der Waals surface area contributed by atoms with Crippen LogP contribution in [0.5, 0.6) is 0 Å². The van der Waals surface area contributed by atoms with E-state index in [0.717, 1.165) is 11.3 Å². The van der Waals surface area contributed by atoms with Crippen molar-refractivity contribution in [1.29, 1.82) is 0 Å². The summed E-state index contributed by atoms with van der Waals surface area (Å²) in [5.74, 6) is -1.06. The lowest BCUT2D eigenvalue weighted by Crippen LogP contribution is -2.14. The van der Waals surface area contributed by atoms with Gasteiger partial charge >= 0.3 is 5.97 Å². The number of benzene rings is 1. The zero-order chi connectivity index (χ0) is 17.0. The van der Waals surface area contributed by atoms with Crippen LogP contribution in [0.1, 0.15) is 27.8 Å². The van der Waals surface area contributed by atoms with E-state index in [2.05, 4.69) is 10.3 Å². The van der Waals surface area contributed by atoms with Gasteiger partial charge in [-0.3, -0.25) is 10.1 Å². The third-order valence-electron chi connectivity index (χ3n) is 2.65. The summed E-state index contributed by atoms with van der Waals surface area (Å²) >= 11 is 1.07. The number of thiazole rings is 1. The first-order valence-electron chi connectivity index (χ1n) is 6.38. The summed E-state index contributed by atoms with van der Waals surface area (Å²) in [5, 5.41) is 9.20. The minimum Gasteiger partial charge on any atom is -0.461 e. The third kappa shape index (κ3) is 4.34. The number of amides is 1. The first kappa shape index (κ1) is 17.1. The maximum Gasteiger partial charge on any atom is 0.357 e. The number of hydrogen-bond acceptors (Lipinski definition) is 7. The Kier molecular flexibility index (Phi) is 5.08. The first-order chi connectivity index (χ1) is 10.8. The monoisotopic (exact) mass is 355 g/mol. The van der Waals surface area contributed by atoms with Crippen molar-refractivity contribution < 1.29 is 22.7 Å². The van der Waals surface area contributed by atoms with E-state index in [1.807, 2.05) is 0 Å². The number of carbonyl (C=O) groups is 2. The van der Waals surface area contributed by atoms with Crippen molar-refractivity contribution in [3.8, 4) is 0 Å². The molecule has 0 aliphatic rings. The normalized spacial score (nSPS) is 11.0. The smallest absolute Gasteiger partial charge is 0.357 e. The molecule has 0 spiro atoms. The number of carbonyl (C=O) groups excluding carboxylic acids is 2. The molecule has 0 aliphatic heterocycles. The average Bonchev–Trinajstić information content (AvgIpc) is 2.95. The van der Waals surface area contributed by atoms with Crippen LogP contribution in [0.4, 0.5) is 5.13 Å².